The van der Waals surface area contributed by atoms with E-state index in [-0.39, 0.29) is 29.5 Å². The zero-order chi connectivity index (χ0) is 27.4. The molecule has 2 N–H and O–H groups in total. The van der Waals surface area contributed by atoms with Gasteiger partial charge in [0, 0.05) is 17.8 Å². The third-order valence-corrected chi connectivity index (χ3v) is 5.75. The summed E-state index contributed by atoms with van der Waals surface area (Å²) in [6.45, 7) is 3.65. The summed E-state index contributed by atoms with van der Waals surface area (Å²) in [6.07, 6.45) is 1.28. The Morgan fingerprint density at radius 1 is 1.03 bits per heavy atom. The number of hydrogen-bond donors (Lipinski definition) is 2. The van der Waals surface area contributed by atoms with Crippen LogP contribution in [0.15, 0.2) is 72.3 Å². The minimum atomic E-state index is -0.974. The largest absolute Gasteiger partial charge is 0.484 e. The van der Waals surface area contributed by atoms with Gasteiger partial charge in [-0.2, -0.15) is 0 Å². The van der Waals surface area contributed by atoms with Crippen molar-refractivity contribution < 1.29 is 28.8 Å². The number of non-ortho nitro benzene ring substituents is 1. The standard InChI is InChI=1S/C27H22N4O7/c1-16-6-7-19(12-17(16)2)28-24(32)15-38-22-5-3-4-18(13-22)14-23-25(33)29-27(35)30(26(23)34)20-8-10-21(11-9-20)31(36)37/h3-14H,15H2,1-2H3,(H,28,32)(H,29,33,35)/b23-14-. The fourth-order valence-corrected chi connectivity index (χ4v) is 3.64. The van der Waals surface area contributed by atoms with Crippen LogP contribution >= 0.6 is 0 Å². The Kier molecular flexibility index (Phi) is 7.28. The van der Waals surface area contributed by atoms with Crippen LogP contribution in [0.1, 0.15) is 16.7 Å². The number of benzene rings is 3. The van der Waals surface area contributed by atoms with Crippen LogP contribution in [-0.4, -0.2) is 35.3 Å². The highest BCUT2D eigenvalue weighted by molar-refractivity contribution is 6.39. The predicted molar refractivity (Wildman–Crippen MR) is 139 cm³/mol. The van der Waals surface area contributed by atoms with E-state index in [1.165, 1.54) is 24.3 Å². The lowest BCUT2D eigenvalue weighted by molar-refractivity contribution is -0.384. The summed E-state index contributed by atoms with van der Waals surface area (Å²) in [5.74, 6) is -1.83. The predicted octanol–water partition coefficient (Wildman–Crippen LogP) is 3.90. The summed E-state index contributed by atoms with van der Waals surface area (Å²) in [6, 6.07) is 15.7. The molecular formula is C27H22N4O7. The summed E-state index contributed by atoms with van der Waals surface area (Å²) >= 11 is 0. The van der Waals surface area contributed by atoms with Crippen molar-refractivity contribution in [3.8, 4) is 5.75 Å². The molecule has 1 saturated heterocycles. The second-order valence-corrected chi connectivity index (χ2v) is 8.44. The third-order valence-electron chi connectivity index (χ3n) is 5.75. The van der Waals surface area contributed by atoms with E-state index in [1.807, 2.05) is 26.0 Å². The van der Waals surface area contributed by atoms with Crippen LogP contribution in [0.25, 0.3) is 6.08 Å². The van der Waals surface area contributed by atoms with Crippen LogP contribution in [0.5, 0.6) is 5.75 Å². The van der Waals surface area contributed by atoms with Crippen molar-refractivity contribution in [2.45, 2.75) is 13.8 Å². The zero-order valence-electron chi connectivity index (χ0n) is 20.4. The van der Waals surface area contributed by atoms with Gasteiger partial charge < -0.3 is 10.1 Å². The van der Waals surface area contributed by atoms with Crippen LogP contribution in [0.4, 0.5) is 21.9 Å². The third kappa shape index (κ3) is 5.73. The molecule has 0 aromatic heterocycles. The molecule has 5 amide bonds. The van der Waals surface area contributed by atoms with Gasteiger partial charge >= 0.3 is 6.03 Å². The Bertz CT molecular complexity index is 1500. The number of ether oxygens (including phenoxy) is 1. The first kappa shape index (κ1) is 25.8. The highest BCUT2D eigenvalue weighted by atomic mass is 16.6. The second kappa shape index (κ2) is 10.7. The van der Waals surface area contributed by atoms with Gasteiger partial charge in [0.05, 0.1) is 10.6 Å². The molecule has 0 unspecified atom stereocenters. The molecular weight excluding hydrogens is 492 g/mol. The molecule has 38 heavy (non-hydrogen) atoms. The number of anilines is 2. The normalized spacial score (nSPS) is 14.3. The number of nitrogens with one attached hydrogen (secondary N) is 2. The molecule has 0 saturated carbocycles. The highest BCUT2D eigenvalue weighted by Crippen LogP contribution is 2.25. The van der Waals surface area contributed by atoms with Gasteiger partial charge in [-0.25, -0.2) is 9.69 Å². The van der Waals surface area contributed by atoms with E-state index in [4.69, 9.17) is 4.74 Å². The number of imide groups is 2. The van der Waals surface area contributed by atoms with Crippen LogP contribution in [0.2, 0.25) is 0 Å². The monoisotopic (exact) mass is 514 g/mol. The van der Waals surface area contributed by atoms with Crippen molar-refractivity contribution in [3.63, 3.8) is 0 Å². The van der Waals surface area contributed by atoms with Gasteiger partial charge in [0.25, 0.3) is 23.4 Å². The minimum absolute atomic E-state index is 0.0587. The number of hydrogen-bond acceptors (Lipinski definition) is 7. The molecule has 0 atom stereocenters. The zero-order valence-corrected chi connectivity index (χ0v) is 20.4. The molecule has 3 aromatic carbocycles. The van der Waals surface area contributed by atoms with E-state index in [0.29, 0.717) is 21.9 Å². The Balaban J connectivity index is 1.48. The lowest BCUT2D eigenvalue weighted by Gasteiger charge is -2.26. The van der Waals surface area contributed by atoms with Crippen molar-refractivity contribution in [3.05, 3.63) is 99.1 Å². The van der Waals surface area contributed by atoms with Gasteiger partial charge in [-0.05, 0) is 73.0 Å². The Morgan fingerprint density at radius 2 is 1.76 bits per heavy atom. The van der Waals surface area contributed by atoms with E-state index in [1.54, 1.807) is 24.3 Å². The van der Waals surface area contributed by atoms with Gasteiger partial charge in [-0.3, -0.25) is 29.8 Å². The molecule has 1 aliphatic heterocycles. The van der Waals surface area contributed by atoms with Crippen LogP contribution in [-0.2, 0) is 14.4 Å². The molecule has 1 aliphatic rings. The summed E-state index contributed by atoms with van der Waals surface area (Å²) in [5.41, 5.74) is 2.72. The lowest BCUT2D eigenvalue weighted by atomic mass is 10.1. The SMILES string of the molecule is Cc1ccc(NC(=O)COc2cccc(/C=C3/C(=O)NC(=O)N(c4ccc([N+](=O)[O-])cc4)C3=O)c2)cc1C. The number of carbonyl (C=O) groups is 4. The number of aryl methyl sites for hydroxylation is 2. The van der Waals surface area contributed by atoms with Crippen LogP contribution in [0, 0.1) is 24.0 Å². The minimum Gasteiger partial charge on any atom is -0.484 e. The number of barbiturate groups is 1. The van der Waals surface area contributed by atoms with Crippen molar-refractivity contribution in [1.82, 2.24) is 5.32 Å². The molecule has 0 spiro atoms. The average molecular weight is 514 g/mol. The molecule has 4 rings (SSSR count). The number of amides is 5. The quantitative estimate of drug-likeness (QED) is 0.210. The summed E-state index contributed by atoms with van der Waals surface area (Å²) in [5, 5.41) is 15.7. The van der Waals surface area contributed by atoms with Gasteiger partial charge in [0.15, 0.2) is 6.61 Å². The van der Waals surface area contributed by atoms with Gasteiger partial charge in [0.2, 0.25) is 0 Å². The van der Waals surface area contributed by atoms with Gasteiger partial charge in [-0.1, -0.05) is 18.2 Å². The second-order valence-electron chi connectivity index (χ2n) is 8.44. The summed E-state index contributed by atoms with van der Waals surface area (Å²) in [4.78, 5) is 61.1. The molecule has 192 valence electrons. The maximum atomic E-state index is 13.0. The molecule has 1 fully saturated rings. The first-order valence-electron chi connectivity index (χ1n) is 11.4. The Hall–Kier alpha value is -5.32. The van der Waals surface area contributed by atoms with Crippen LogP contribution < -0.4 is 20.3 Å². The molecule has 0 aliphatic carbocycles. The van der Waals surface area contributed by atoms with E-state index in [2.05, 4.69) is 10.6 Å². The molecule has 11 nitrogen and oxygen atoms in total. The van der Waals surface area contributed by atoms with Gasteiger partial charge in [-0.15, -0.1) is 0 Å². The van der Waals surface area contributed by atoms with Crippen molar-refractivity contribution in [2.24, 2.45) is 0 Å². The van der Waals surface area contributed by atoms with Crippen molar-refractivity contribution >= 4 is 46.9 Å². The topological polar surface area (TPSA) is 148 Å². The van der Waals surface area contributed by atoms with E-state index in [9.17, 15) is 29.3 Å². The smallest absolute Gasteiger partial charge is 0.335 e. The fourth-order valence-electron chi connectivity index (χ4n) is 3.64. The first-order chi connectivity index (χ1) is 18.1. The Morgan fingerprint density at radius 3 is 2.45 bits per heavy atom. The molecule has 0 bridgehead atoms. The summed E-state index contributed by atoms with van der Waals surface area (Å²) in [7, 11) is 0. The number of nitro groups is 1. The maximum Gasteiger partial charge on any atom is 0.335 e. The number of urea groups is 1. The maximum absolute atomic E-state index is 13.0. The summed E-state index contributed by atoms with van der Waals surface area (Å²) < 4.78 is 5.57. The first-order valence-corrected chi connectivity index (χ1v) is 11.4. The highest BCUT2D eigenvalue weighted by Gasteiger charge is 2.37. The average Bonchev–Trinajstić information content (AvgIpc) is 2.88. The number of rotatable bonds is 7. The van der Waals surface area contributed by atoms with Gasteiger partial charge in [0.1, 0.15) is 11.3 Å². The molecule has 3 aromatic rings. The number of nitro benzene ring substituents is 1. The molecule has 0 radical (unpaired) electrons. The van der Waals surface area contributed by atoms with E-state index < -0.39 is 22.8 Å². The fraction of sp³-hybridized carbons (Fsp3) is 0.111. The molecule has 1 heterocycles. The van der Waals surface area contributed by atoms with E-state index >= 15 is 0 Å². The van der Waals surface area contributed by atoms with Crippen LogP contribution in [0.3, 0.4) is 0 Å². The lowest BCUT2D eigenvalue weighted by Crippen LogP contribution is -2.54. The van der Waals surface area contributed by atoms with E-state index in [0.717, 1.165) is 23.3 Å². The van der Waals surface area contributed by atoms with Crippen molar-refractivity contribution in [1.29, 1.82) is 0 Å². The molecule has 11 heteroatoms. The Labute approximate surface area is 216 Å². The number of nitrogens with zero attached hydrogens (tertiary/aromatic N) is 2. The van der Waals surface area contributed by atoms with Crippen molar-refractivity contribution in [2.75, 3.05) is 16.8 Å². The number of carbonyl (C=O) groups excluding carboxylic acids is 4.